The van der Waals surface area contributed by atoms with Gasteiger partial charge in [0.1, 0.15) is 0 Å². The summed E-state index contributed by atoms with van der Waals surface area (Å²) in [4.78, 5) is 27.6. The highest BCUT2D eigenvalue weighted by atomic mass is 16.5. The van der Waals surface area contributed by atoms with E-state index in [1.54, 1.807) is 14.2 Å². The quantitative estimate of drug-likeness (QED) is 0.359. The molecule has 5 rings (SSSR count). The fourth-order valence-corrected chi connectivity index (χ4v) is 5.79. The normalized spacial score (nSPS) is 19.2. The molecule has 0 saturated carbocycles. The number of hydrogen-bond acceptors (Lipinski definition) is 6. The van der Waals surface area contributed by atoms with Crippen molar-refractivity contribution in [2.45, 2.75) is 45.4 Å². The third kappa shape index (κ3) is 5.03. The van der Waals surface area contributed by atoms with Crippen LogP contribution in [0.15, 0.2) is 83.2 Å². The first kappa shape index (κ1) is 26.5. The molecule has 1 heterocycles. The number of hydrogen-bond donors (Lipinski definition) is 1. The van der Waals surface area contributed by atoms with Crippen LogP contribution >= 0.6 is 0 Å². The van der Waals surface area contributed by atoms with Crippen LogP contribution in [0.5, 0.6) is 11.5 Å². The predicted octanol–water partition coefficient (Wildman–Crippen LogP) is 6.42. The largest absolute Gasteiger partial charge is 0.493 e. The number of benzene rings is 3. The zero-order valence-corrected chi connectivity index (χ0v) is 23.2. The Bertz CT molecular complexity index is 1490. The molecule has 0 aromatic heterocycles. The van der Waals surface area contributed by atoms with E-state index >= 15 is 0 Å². The summed E-state index contributed by atoms with van der Waals surface area (Å²) in [5.41, 5.74) is 4.70. The van der Waals surface area contributed by atoms with E-state index in [2.05, 4.69) is 23.5 Å². The monoisotopic (exact) mass is 525 g/mol. The first-order valence-electron chi connectivity index (χ1n) is 13.4. The number of dihydropyridines is 1. The molecule has 0 amide bonds. The van der Waals surface area contributed by atoms with Crippen molar-refractivity contribution in [3.05, 3.63) is 94.3 Å². The average molecular weight is 526 g/mol. The molecule has 0 saturated heterocycles. The van der Waals surface area contributed by atoms with Crippen LogP contribution in [0.1, 0.15) is 56.6 Å². The van der Waals surface area contributed by atoms with Crippen molar-refractivity contribution in [2.75, 3.05) is 20.8 Å². The highest BCUT2D eigenvalue weighted by Crippen LogP contribution is 2.47. The molecule has 0 unspecified atom stereocenters. The number of nitrogens with one attached hydrogen (secondary N) is 1. The lowest BCUT2D eigenvalue weighted by Gasteiger charge is -2.37. The van der Waals surface area contributed by atoms with E-state index in [1.807, 2.05) is 63.2 Å². The number of Topliss-reactive ketones (excluding diaryl/α,β-unsaturated/α-hetero) is 1. The van der Waals surface area contributed by atoms with E-state index in [4.69, 9.17) is 14.2 Å². The van der Waals surface area contributed by atoms with Crippen LogP contribution in [0.2, 0.25) is 0 Å². The number of methoxy groups -OCH3 is 2. The minimum atomic E-state index is -0.508. The van der Waals surface area contributed by atoms with Gasteiger partial charge in [-0.05, 0) is 59.2 Å². The van der Waals surface area contributed by atoms with Crippen molar-refractivity contribution in [3.8, 4) is 11.5 Å². The van der Waals surface area contributed by atoms with Crippen LogP contribution in [0.25, 0.3) is 10.8 Å². The van der Waals surface area contributed by atoms with Gasteiger partial charge in [-0.3, -0.25) is 4.79 Å². The second kappa shape index (κ2) is 11.0. The fourth-order valence-electron chi connectivity index (χ4n) is 5.79. The Morgan fingerprint density at radius 2 is 1.72 bits per heavy atom. The second-order valence-corrected chi connectivity index (χ2v) is 10.7. The molecular weight excluding hydrogens is 490 g/mol. The first-order valence-corrected chi connectivity index (χ1v) is 13.4. The molecular formula is C33H35NO5. The average Bonchev–Trinajstić information content (AvgIpc) is 2.94. The molecule has 0 spiro atoms. The lowest BCUT2D eigenvalue weighted by molar-refractivity contribution is -0.140. The van der Waals surface area contributed by atoms with E-state index in [-0.39, 0.29) is 23.6 Å². The summed E-state index contributed by atoms with van der Waals surface area (Å²) in [6.07, 6.45) is 0.980. The van der Waals surface area contributed by atoms with Crippen molar-refractivity contribution >= 4 is 22.5 Å². The standard InChI is InChI=1S/C33H35NO5/c1-19(2)18-39-33(36)30-20(3)34-26-15-23(22-13-14-28(37-4)29(17-22)38-5)16-27(35)32(26)31(30)25-12-8-10-21-9-6-7-11-24(21)25/h6-14,17,19,23,31,34H,15-16,18H2,1-5H3/t23-,31+/m1/s1. The summed E-state index contributed by atoms with van der Waals surface area (Å²) in [5, 5.41) is 5.54. The molecule has 6 nitrogen and oxygen atoms in total. The van der Waals surface area contributed by atoms with Crippen LogP contribution in [0.3, 0.4) is 0 Å². The van der Waals surface area contributed by atoms with Gasteiger partial charge in [0, 0.05) is 29.3 Å². The molecule has 3 aromatic carbocycles. The fraction of sp³-hybridized carbons (Fsp3) is 0.333. The minimum absolute atomic E-state index is 0.0287. The van der Waals surface area contributed by atoms with Gasteiger partial charge in [-0.2, -0.15) is 0 Å². The molecule has 6 heteroatoms. The SMILES string of the molecule is COc1ccc([C@H]2CC(=O)C3=C(C2)NC(C)=C(C(=O)OCC(C)C)[C@@H]3c2cccc3ccccc23)cc1OC. The molecule has 2 atom stereocenters. The molecule has 1 N–H and O–H groups in total. The maximum atomic E-state index is 14.0. The third-order valence-electron chi connectivity index (χ3n) is 7.61. The maximum absolute atomic E-state index is 14.0. The molecule has 2 aliphatic rings. The van der Waals surface area contributed by atoms with E-state index in [0.29, 0.717) is 42.1 Å². The van der Waals surface area contributed by atoms with Crippen molar-refractivity contribution in [1.82, 2.24) is 5.32 Å². The molecule has 0 bridgehead atoms. The molecule has 3 aromatic rings. The van der Waals surface area contributed by atoms with Crippen LogP contribution in [0.4, 0.5) is 0 Å². The number of ketones is 1. The summed E-state index contributed by atoms with van der Waals surface area (Å²) in [6, 6.07) is 20.0. The highest BCUT2D eigenvalue weighted by Gasteiger charge is 2.42. The van der Waals surface area contributed by atoms with Gasteiger partial charge in [-0.15, -0.1) is 0 Å². The molecule has 1 aliphatic heterocycles. The van der Waals surface area contributed by atoms with Crippen LogP contribution in [0, 0.1) is 5.92 Å². The Kier molecular flexibility index (Phi) is 7.47. The smallest absolute Gasteiger partial charge is 0.336 e. The van der Waals surface area contributed by atoms with Crippen LogP contribution in [-0.2, 0) is 14.3 Å². The molecule has 202 valence electrons. The maximum Gasteiger partial charge on any atom is 0.336 e. The summed E-state index contributed by atoms with van der Waals surface area (Å²) in [5.74, 6) is 0.605. The predicted molar refractivity (Wildman–Crippen MR) is 152 cm³/mol. The van der Waals surface area contributed by atoms with E-state index in [0.717, 1.165) is 33.3 Å². The number of ether oxygens (including phenoxy) is 3. The molecule has 1 aliphatic carbocycles. The topological polar surface area (TPSA) is 73.9 Å². The van der Waals surface area contributed by atoms with Gasteiger partial charge < -0.3 is 19.5 Å². The van der Waals surface area contributed by atoms with E-state index < -0.39 is 5.92 Å². The summed E-state index contributed by atoms with van der Waals surface area (Å²) < 4.78 is 16.7. The summed E-state index contributed by atoms with van der Waals surface area (Å²) in [7, 11) is 3.22. The van der Waals surface area contributed by atoms with Gasteiger partial charge in [0.2, 0.25) is 0 Å². The first-order chi connectivity index (χ1) is 18.8. The lowest BCUT2D eigenvalue weighted by Crippen LogP contribution is -2.36. The zero-order valence-electron chi connectivity index (χ0n) is 23.2. The summed E-state index contributed by atoms with van der Waals surface area (Å²) in [6.45, 7) is 6.24. The Morgan fingerprint density at radius 1 is 0.974 bits per heavy atom. The van der Waals surface area contributed by atoms with Gasteiger partial charge in [0.05, 0.1) is 26.4 Å². The number of esters is 1. The van der Waals surface area contributed by atoms with Gasteiger partial charge in [-0.1, -0.05) is 62.4 Å². The van der Waals surface area contributed by atoms with Crippen LogP contribution in [-0.4, -0.2) is 32.6 Å². The number of allylic oxidation sites excluding steroid dienone is 3. The van der Waals surface area contributed by atoms with E-state index in [1.165, 1.54) is 0 Å². The van der Waals surface area contributed by atoms with E-state index in [9.17, 15) is 9.59 Å². The van der Waals surface area contributed by atoms with Gasteiger partial charge in [0.15, 0.2) is 17.3 Å². The lowest BCUT2D eigenvalue weighted by atomic mass is 9.71. The van der Waals surface area contributed by atoms with Crippen molar-refractivity contribution in [1.29, 1.82) is 0 Å². The molecule has 39 heavy (non-hydrogen) atoms. The van der Waals surface area contributed by atoms with Crippen molar-refractivity contribution in [2.24, 2.45) is 5.92 Å². The number of carbonyl (C=O) groups excluding carboxylic acids is 2. The second-order valence-electron chi connectivity index (χ2n) is 10.7. The molecule has 0 fully saturated rings. The van der Waals surface area contributed by atoms with Crippen LogP contribution < -0.4 is 14.8 Å². The number of carbonyl (C=O) groups is 2. The Morgan fingerprint density at radius 3 is 2.46 bits per heavy atom. The molecule has 0 radical (unpaired) electrons. The zero-order chi connectivity index (χ0) is 27.7. The number of fused-ring (bicyclic) bond motifs is 1. The van der Waals surface area contributed by atoms with Gasteiger partial charge in [-0.25, -0.2) is 4.79 Å². The van der Waals surface area contributed by atoms with Crippen molar-refractivity contribution in [3.63, 3.8) is 0 Å². The highest BCUT2D eigenvalue weighted by molar-refractivity contribution is 6.05. The van der Waals surface area contributed by atoms with Gasteiger partial charge >= 0.3 is 5.97 Å². The minimum Gasteiger partial charge on any atom is -0.493 e. The Labute approximate surface area is 229 Å². The Hall–Kier alpha value is -4.06. The number of rotatable bonds is 7. The third-order valence-corrected chi connectivity index (χ3v) is 7.61. The summed E-state index contributed by atoms with van der Waals surface area (Å²) >= 11 is 0. The van der Waals surface area contributed by atoms with Crippen molar-refractivity contribution < 1.29 is 23.8 Å². The Balaban J connectivity index is 1.61. The van der Waals surface area contributed by atoms with Gasteiger partial charge in [0.25, 0.3) is 0 Å².